The number of rotatable bonds is 4. The fraction of sp³-hybridized carbons (Fsp3) is 0.429. The minimum absolute atomic E-state index is 0.170. The van der Waals surface area contributed by atoms with Gasteiger partial charge >= 0.3 is 0 Å². The van der Waals surface area contributed by atoms with E-state index in [0.29, 0.717) is 5.57 Å². The van der Waals surface area contributed by atoms with Crippen LogP contribution in [0.1, 0.15) is 20.3 Å². The average molecular weight is 242 g/mol. The molecular weight excluding hydrogens is 224 g/mol. The molecule has 0 amide bonds. The van der Waals surface area contributed by atoms with E-state index in [-0.39, 0.29) is 5.57 Å². The highest BCUT2D eigenvalue weighted by atomic mass is 15.1. The topological polar surface area (TPSA) is 62.9 Å². The zero-order valence-corrected chi connectivity index (χ0v) is 11.1. The maximum Gasteiger partial charge on any atom is 0.137 e. The van der Waals surface area contributed by atoms with Gasteiger partial charge in [-0.3, -0.25) is 0 Å². The van der Waals surface area contributed by atoms with Crippen LogP contribution in [-0.2, 0) is 0 Å². The van der Waals surface area contributed by atoms with E-state index in [1.165, 1.54) is 0 Å². The lowest BCUT2D eigenvalue weighted by Crippen LogP contribution is -2.25. The summed E-state index contributed by atoms with van der Waals surface area (Å²) in [6.07, 6.45) is 4.84. The lowest BCUT2D eigenvalue weighted by Gasteiger charge is -2.29. The molecule has 1 N–H and O–H groups in total. The molecule has 0 aromatic carbocycles. The van der Waals surface area contributed by atoms with Gasteiger partial charge in [0.25, 0.3) is 0 Å². The second-order valence-corrected chi connectivity index (χ2v) is 4.23. The molecule has 1 aliphatic rings. The van der Waals surface area contributed by atoms with Crippen molar-refractivity contribution in [3.63, 3.8) is 0 Å². The monoisotopic (exact) mass is 242 g/mol. The second kappa shape index (κ2) is 6.64. The smallest absolute Gasteiger partial charge is 0.137 e. The van der Waals surface area contributed by atoms with Crippen LogP contribution in [0, 0.1) is 22.7 Å². The predicted octanol–water partition coefficient (Wildman–Crippen LogP) is 2.06. The molecule has 18 heavy (non-hydrogen) atoms. The Hall–Kier alpha value is -2.04. The molecule has 0 unspecified atom stereocenters. The van der Waals surface area contributed by atoms with Crippen LogP contribution in [0.3, 0.4) is 0 Å². The van der Waals surface area contributed by atoms with Crippen molar-refractivity contribution in [3.05, 3.63) is 34.7 Å². The van der Waals surface area contributed by atoms with Crippen molar-refractivity contribution in [1.29, 1.82) is 10.5 Å². The molecule has 0 aromatic heterocycles. The maximum atomic E-state index is 8.88. The Balaban J connectivity index is 2.92. The number of nitrogens with one attached hydrogen (secondary N) is 1. The summed E-state index contributed by atoms with van der Waals surface area (Å²) >= 11 is 0. The highest BCUT2D eigenvalue weighted by Gasteiger charge is 2.15. The Kier molecular flexibility index (Phi) is 5.17. The summed E-state index contributed by atoms with van der Waals surface area (Å²) in [5, 5.41) is 20.9. The van der Waals surface area contributed by atoms with Gasteiger partial charge in [0.1, 0.15) is 17.7 Å². The molecule has 0 bridgehead atoms. The van der Waals surface area contributed by atoms with Gasteiger partial charge in [0, 0.05) is 23.5 Å². The van der Waals surface area contributed by atoms with E-state index in [0.717, 1.165) is 30.9 Å². The molecule has 94 valence electrons. The quantitative estimate of drug-likeness (QED) is 0.605. The first-order valence-electron chi connectivity index (χ1n) is 5.97. The average Bonchev–Trinajstić information content (AvgIpc) is 2.34. The van der Waals surface area contributed by atoms with Gasteiger partial charge in [0.05, 0.1) is 0 Å². The van der Waals surface area contributed by atoms with Gasteiger partial charge in [0.2, 0.25) is 0 Å². The van der Waals surface area contributed by atoms with E-state index < -0.39 is 0 Å². The van der Waals surface area contributed by atoms with E-state index in [4.69, 9.17) is 10.5 Å². The summed E-state index contributed by atoms with van der Waals surface area (Å²) in [5.74, 6) is 0. The number of allylic oxidation sites excluding steroid dienone is 6. The molecule has 0 atom stereocenters. The Morgan fingerprint density at radius 3 is 2.22 bits per heavy atom. The van der Waals surface area contributed by atoms with Crippen LogP contribution >= 0.6 is 0 Å². The van der Waals surface area contributed by atoms with Crippen molar-refractivity contribution in [2.75, 3.05) is 20.1 Å². The maximum absolute atomic E-state index is 8.88. The van der Waals surface area contributed by atoms with Gasteiger partial charge in [-0.05, 0) is 46.0 Å². The standard InChI is InChI=1S/C14H18N4/c1-11-7-13(14(9-15)10-16)8-12(2)18(11)6-4-5-17-3/h7-8,17H,4-6H2,1-3H3. The van der Waals surface area contributed by atoms with Gasteiger partial charge in [-0.2, -0.15) is 10.5 Å². The van der Waals surface area contributed by atoms with Gasteiger partial charge in [0.15, 0.2) is 0 Å². The van der Waals surface area contributed by atoms with Crippen molar-refractivity contribution >= 4 is 0 Å². The molecule has 0 aliphatic carbocycles. The number of nitrogens with zero attached hydrogens (tertiary/aromatic N) is 3. The lowest BCUT2D eigenvalue weighted by atomic mass is 10.0. The minimum atomic E-state index is 0.170. The van der Waals surface area contributed by atoms with E-state index >= 15 is 0 Å². The summed E-state index contributed by atoms with van der Waals surface area (Å²) in [6.45, 7) is 5.92. The molecule has 1 aliphatic heterocycles. The van der Waals surface area contributed by atoms with Crippen molar-refractivity contribution in [2.45, 2.75) is 20.3 Å². The third-order valence-corrected chi connectivity index (χ3v) is 2.90. The summed E-state index contributed by atoms with van der Waals surface area (Å²) in [4.78, 5) is 2.20. The van der Waals surface area contributed by atoms with Gasteiger partial charge in [-0.1, -0.05) is 0 Å². The molecule has 4 heteroatoms. The number of hydrogen-bond donors (Lipinski definition) is 1. The van der Waals surface area contributed by atoms with Crippen LogP contribution in [0.25, 0.3) is 0 Å². The van der Waals surface area contributed by atoms with Crippen molar-refractivity contribution in [3.8, 4) is 12.1 Å². The molecular formula is C14H18N4. The molecule has 0 fully saturated rings. The molecule has 0 spiro atoms. The largest absolute Gasteiger partial charge is 0.349 e. The van der Waals surface area contributed by atoms with Crippen LogP contribution in [0.2, 0.25) is 0 Å². The highest BCUT2D eigenvalue weighted by molar-refractivity contribution is 5.53. The third-order valence-electron chi connectivity index (χ3n) is 2.90. The van der Waals surface area contributed by atoms with Gasteiger partial charge in [-0.25, -0.2) is 0 Å². The summed E-state index contributed by atoms with van der Waals surface area (Å²) in [6, 6.07) is 3.86. The molecule has 4 nitrogen and oxygen atoms in total. The molecule has 0 aromatic rings. The normalized spacial score (nSPS) is 14.5. The SMILES string of the molecule is CNCCCN1C(C)=CC(=C(C#N)C#N)C=C1C. The van der Waals surface area contributed by atoms with E-state index in [2.05, 4.69) is 10.2 Å². The van der Waals surface area contributed by atoms with Crippen molar-refractivity contribution in [2.24, 2.45) is 0 Å². The summed E-state index contributed by atoms with van der Waals surface area (Å²) < 4.78 is 0. The van der Waals surface area contributed by atoms with Crippen molar-refractivity contribution in [1.82, 2.24) is 10.2 Å². The molecule has 1 rings (SSSR count). The van der Waals surface area contributed by atoms with Gasteiger partial charge in [-0.15, -0.1) is 0 Å². The van der Waals surface area contributed by atoms with Crippen LogP contribution in [-0.4, -0.2) is 25.0 Å². The zero-order valence-electron chi connectivity index (χ0n) is 11.1. The lowest BCUT2D eigenvalue weighted by molar-refractivity contribution is 0.411. The first-order valence-corrected chi connectivity index (χ1v) is 5.97. The van der Waals surface area contributed by atoms with Crippen LogP contribution in [0.15, 0.2) is 34.7 Å². The first kappa shape index (κ1) is 14.0. The Morgan fingerprint density at radius 1 is 1.22 bits per heavy atom. The first-order chi connectivity index (χ1) is 8.63. The minimum Gasteiger partial charge on any atom is -0.349 e. The molecule has 1 heterocycles. The van der Waals surface area contributed by atoms with Crippen LogP contribution in [0.5, 0.6) is 0 Å². The molecule has 0 saturated carbocycles. The van der Waals surface area contributed by atoms with Crippen LogP contribution in [0.4, 0.5) is 0 Å². The Labute approximate surface area is 109 Å². The number of nitriles is 2. The molecule has 0 radical (unpaired) electrons. The van der Waals surface area contributed by atoms with Gasteiger partial charge < -0.3 is 10.2 Å². The Morgan fingerprint density at radius 2 is 1.78 bits per heavy atom. The van der Waals surface area contributed by atoms with Crippen LogP contribution < -0.4 is 5.32 Å². The van der Waals surface area contributed by atoms with Crippen molar-refractivity contribution < 1.29 is 0 Å². The molecule has 0 saturated heterocycles. The highest BCUT2D eigenvalue weighted by Crippen LogP contribution is 2.24. The van der Waals surface area contributed by atoms with E-state index in [1.807, 2.05) is 45.2 Å². The Bertz CT molecular complexity index is 445. The number of hydrogen-bond acceptors (Lipinski definition) is 4. The summed E-state index contributed by atoms with van der Waals surface area (Å²) in [7, 11) is 1.94. The van der Waals surface area contributed by atoms with E-state index in [1.54, 1.807) is 0 Å². The predicted molar refractivity (Wildman–Crippen MR) is 71.0 cm³/mol. The summed E-state index contributed by atoms with van der Waals surface area (Å²) in [5.41, 5.74) is 3.02. The fourth-order valence-electron chi connectivity index (χ4n) is 1.99. The third kappa shape index (κ3) is 3.23. The fourth-order valence-corrected chi connectivity index (χ4v) is 1.99. The zero-order chi connectivity index (χ0) is 13.5. The van der Waals surface area contributed by atoms with E-state index in [9.17, 15) is 0 Å². The second-order valence-electron chi connectivity index (χ2n) is 4.23.